The van der Waals surface area contributed by atoms with Gasteiger partial charge >= 0.3 is 0 Å². The third kappa shape index (κ3) is 5.37. The Morgan fingerprint density at radius 1 is 1.00 bits per heavy atom. The Morgan fingerprint density at radius 3 is 2.41 bits per heavy atom. The molecule has 0 aromatic heterocycles. The highest BCUT2D eigenvalue weighted by Crippen LogP contribution is 2.27. The number of rotatable bonds is 6. The maximum absolute atomic E-state index is 13.6. The van der Waals surface area contributed by atoms with Crippen LogP contribution in [-0.4, -0.2) is 17.9 Å². The second-order valence-corrected chi connectivity index (χ2v) is 7.01. The first-order valence-electron chi connectivity index (χ1n) is 9.20. The number of carbonyl (C=O) groups is 2. The topological polar surface area (TPSA) is 84.2 Å². The van der Waals surface area contributed by atoms with E-state index in [1.54, 1.807) is 36.4 Å². The number of anilines is 2. The molecule has 0 saturated heterocycles. The molecule has 142 valence electrons. The number of nitrogens with one attached hydrogen (secondary N) is 2. The number of carbonyl (C=O) groups excluding carboxylic acids is 2. The van der Waals surface area contributed by atoms with Gasteiger partial charge in [0, 0.05) is 18.2 Å². The second kappa shape index (κ2) is 8.77. The van der Waals surface area contributed by atoms with E-state index >= 15 is 0 Å². The molecule has 27 heavy (non-hydrogen) atoms. The van der Waals surface area contributed by atoms with Crippen molar-refractivity contribution < 1.29 is 14.0 Å². The number of hydrogen-bond acceptors (Lipinski definition) is 3. The third-order valence-electron chi connectivity index (χ3n) is 4.92. The van der Waals surface area contributed by atoms with Gasteiger partial charge in [-0.05, 0) is 48.6 Å². The average Bonchev–Trinajstić information content (AvgIpc) is 3.03. The van der Waals surface area contributed by atoms with E-state index < -0.39 is 5.82 Å². The van der Waals surface area contributed by atoms with Crippen LogP contribution >= 0.6 is 0 Å². The fourth-order valence-electron chi connectivity index (χ4n) is 3.42. The van der Waals surface area contributed by atoms with Gasteiger partial charge in [0.2, 0.25) is 11.8 Å². The first-order valence-corrected chi connectivity index (χ1v) is 9.20. The molecule has 0 heterocycles. The number of benzene rings is 2. The summed E-state index contributed by atoms with van der Waals surface area (Å²) in [6, 6.07) is 13.2. The quantitative estimate of drug-likeness (QED) is 0.729. The van der Waals surface area contributed by atoms with Crippen molar-refractivity contribution in [1.29, 1.82) is 0 Å². The van der Waals surface area contributed by atoms with Gasteiger partial charge in [-0.3, -0.25) is 9.59 Å². The summed E-state index contributed by atoms with van der Waals surface area (Å²) in [6.45, 7) is 0. The SMILES string of the molecule is N[C@@H]1CCC[C@H]1CC(=O)Nc1ccc(CC(=O)Nc2ccccc2F)cc1. The summed E-state index contributed by atoms with van der Waals surface area (Å²) in [6.07, 6.45) is 3.64. The van der Waals surface area contributed by atoms with Crippen LogP contribution in [0.4, 0.5) is 15.8 Å². The summed E-state index contributed by atoms with van der Waals surface area (Å²) in [4.78, 5) is 24.2. The largest absolute Gasteiger partial charge is 0.327 e. The highest BCUT2D eigenvalue weighted by molar-refractivity contribution is 5.93. The monoisotopic (exact) mass is 369 g/mol. The zero-order chi connectivity index (χ0) is 19.2. The van der Waals surface area contributed by atoms with E-state index in [-0.39, 0.29) is 35.9 Å². The molecule has 2 aromatic carbocycles. The Morgan fingerprint density at radius 2 is 1.74 bits per heavy atom. The molecule has 2 aromatic rings. The van der Waals surface area contributed by atoms with Crippen LogP contribution < -0.4 is 16.4 Å². The minimum Gasteiger partial charge on any atom is -0.327 e. The van der Waals surface area contributed by atoms with Crippen LogP contribution in [0.2, 0.25) is 0 Å². The summed E-state index contributed by atoms with van der Waals surface area (Å²) >= 11 is 0. The smallest absolute Gasteiger partial charge is 0.228 e. The van der Waals surface area contributed by atoms with E-state index in [0.29, 0.717) is 12.1 Å². The molecule has 0 radical (unpaired) electrons. The van der Waals surface area contributed by atoms with E-state index in [1.807, 2.05) is 0 Å². The highest BCUT2D eigenvalue weighted by atomic mass is 19.1. The van der Waals surface area contributed by atoms with Gasteiger partial charge in [-0.15, -0.1) is 0 Å². The lowest BCUT2D eigenvalue weighted by atomic mass is 10.00. The van der Waals surface area contributed by atoms with Gasteiger partial charge in [-0.25, -0.2) is 4.39 Å². The van der Waals surface area contributed by atoms with Gasteiger partial charge < -0.3 is 16.4 Å². The van der Waals surface area contributed by atoms with Crippen molar-refractivity contribution in [2.24, 2.45) is 11.7 Å². The van der Waals surface area contributed by atoms with Crippen LogP contribution in [0.5, 0.6) is 0 Å². The van der Waals surface area contributed by atoms with Crippen molar-refractivity contribution in [3.63, 3.8) is 0 Å². The van der Waals surface area contributed by atoms with Crippen LogP contribution in [0.15, 0.2) is 48.5 Å². The lowest BCUT2D eigenvalue weighted by Gasteiger charge is -2.15. The summed E-state index contributed by atoms with van der Waals surface area (Å²) < 4.78 is 13.6. The molecule has 1 aliphatic carbocycles. The predicted molar refractivity (Wildman–Crippen MR) is 104 cm³/mol. The molecule has 2 atom stereocenters. The van der Waals surface area contributed by atoms with Crippen molar-refractivity contribution in [1.82, 2.24) is 0 Å². The lowest BCUT2D eigenvalue weighted by molar-refractivity contribution is -0.117. The normalized spacial score (nSPS) is 18.9. The fraction of sp³-hybridized carbons (Fsp3) is 0.333. The Kier molecular flexibility index (Phi) is 6.19. The van der Waals surface area contributed by atoms with Crippen molar-refractivity contribution in [2.75, 3.05) is 10.6 Å². The molecule has 6 heteroatoms. The number of para-hydroxylation sites is 1. The van der Waals surface area contributed by atoms with Crippen molar-refractivity contribution in [3.8, 4) is 0 Å². The van der Waals surface area contributed by atoms with Gasteiger partial charge in [0.15, 0.2) is 0 Å². The molecule has 0 unspecified atom stereocenters. The van der Waals surface area contributed by atoms with Crippen LogP contribution in [-0.2, 0) is 16.0 Å². The van der Waals surface area contributed by atoms with Crippen molar-refractivity contribution in [2.45, 2.75) is 38.1 Å². The summed E-state index contributed by atoms with van der Waals surface area (Å²) in [7, 11) is 0. The van der Waals surface area contributed by atoms with Crippen molar-refractivity contribution >= 4 is 23.2 Å². The number of amides is 2. The molecule has 0 spiro atoms. The molecule has 2 amide bonds. The minimum atomic E-state index is -0.467. The lowest BCUT2D eigenvalue weighted by Crippen LogP contribution is -2.28. The molecule has 0 bridgehead atoms. The molecule has 1 saturated carbocycles. The van der Waals surface area contributed by atoms with Gasteiger partial charge in [0.1, 0.15) is 5.82 Å². The Labute approximate surface area is 158 Å². The van der Waals surface area contributed by atoms with E-state index in [2.05, 4.69) is 10.6 Å². The molecule has 4 N–H and O–H groups in total. The number of nitrogens with two attached hydrogens (primary N) is 1. The maximum atomic E-state index is 13.6. The van der Waals surface area contributed by atoms with E-state index in [1.165, 1.54) is 12.1 Å². The molecule has 1 fully saturated rings. The molecule has 3 rings (SSSR count). The van der Waals surface area contributed by atoms with Gasteiger partial charge in [0.05, 0.1) is 12.1 Å². The minimum absolute atomic E-state index is 0.0394. The third-order valence-corrected chi connectivity index (χ3v) is 4.92. The van der Waals surface area contributed by atoms with Crippen LogP contribution in [0.3, 0.4) is 0 Å². The first kappa shape index (κ1) is 19.0. The zero-order valence-electron chi connectivity index (χ0n) is 15.1. The molecule has 5 nitrogen and oxygen atoms in total. The number of hydrogen-bond donors (Lipinski definition) is 3. The summed E-state index contributed by atoms with van der Waals surface area (Å²) in [5, 5.41) is 5.43. The predicted octanol–water partition coefficient (Wildman–Crippen LogP) is 3.46. The zero-order valence-corrected chi connectivity index (χ0v) is 15.1. The standard InChI is InChI=1S/C21H24FN3O2/c22-17-5-1-2-7-19(17)25-20(26)12-14-8-10-16(11-9-14)24-21(27)13-15-4-3-6-18(15)23/h1-2,5,7-11,15,18H,3-4,6,12-13,23H2,(H,24,27)(H,25,26)/t15-,18+/m0/s1. The van der Waals surface area contributed by atoms with E-state index in [0.717, 1.165) is 24.8 Å². The highest BCUT2D eigenvalue weighted by Gasteiger charge is 2.25. The van der Waals surface area contributed by atoms with Gasteiger partial charge in [-0.2, -0.15) is 0 Å². The Balaban J connectivity index is 1.50. The average molecular weight is 369 g/mol. The first-order chi connectivity index (χ1) is 13.0. The van der Waals surface area contributed by atoms with Crippen LogP contribution in [0.1, 0.15) is 31.2 Å². The van der Waals surface area contributed by atoms with E-state index in [9.17, 15) is 14.0 Å². The number of halogens is 1. The molecular formula is C21H24FN3O2. The maximum Gasteiger partial charge on any atom is 0.228 e. The van der Waals surface area contributed by atoms with Crippen LogP contribution in [0.25, 0.3) is 0 Å². The van der Waals surface area contributed by atoms with Gasteiger partial charge in [-0.1, -0.05) is 30.7 Å². The Hall–Kier alpha value is -2.73. The molecular weight excluding hydrogens is 345 g/mol. The molecule has 1 aliphatic rings. The van der Waals surface area contributed by atoms with Gasteiger partial charge in [0.25, 0.3) is 0 Å². The Bertz CT molecular complexity index is 807. The molecule has 0 aliphatic heterocycles. The van der Waals surface area contributed by atoms with Crippen molar-refractivity contribution in [3.05, 3.63) is 59.9 Å². The van der Waals surface area contributed by atoms with E-state index in [4.69, 9.17) is 5.73 Å². The van der Waals surface area contributed by atoms with Crippen LogP contribution in [0, 0.1) is 11.7 Å². The summed E-state index contributed by atoms with van der Waals surface area (Å²) in [5.74, 6) is -0.549. The second-order valence-electron chi connectivity index (χ2n) is 7.01. The fourth-order valence-corrected chi connectivity index (χ4v) is 3.42. The summed E-state index contributed by atoms with van der Waals surface area (Å²) in [5.41, 5.74) is 7.64.